The van der Waals surface area contributed by atoms with Gasteiger partial charge in [0.15, 0.2) is 0 Å². The Morgan fingerprint density at radius 3 is 2.27 bits per heavy atom. The zero-order valence-electron chi connectivity index (χ0n) is 13.1. The van der Waals surface area contributed by atoms with Crippen molar-refractivity contribution in [1.82, 2.24) is 16.0 Å². The van der Waals surface area contributed by atoms with Gasteiger partial charge in [0.05, 0.1) is 18.7 Å². The maximum Gasteiger partial charge on any atom is 0.245 e. The average Bonchev–Trinajstić information content (AvgIpc) is 2.46. The summed E-state index contributed by atoms with van der Waals surface area (Å²) >= 11 is 0. The largest absolute Gasteiger partial charge is 0.391 e. The number of primary amides is 1. The maximum absolute atomic E-state index is 12.1. The van der Waals surface area contributed by atoms with Gasteiger partial charge in [0.25, 0.3) is 0 Å². The van der Waals surface area contributed by atoms with E-state index < -0.39 is 35.9 Å². The summed E-state index contributed by atoms with van der Waals surface area (Å²) in [6.45, 7) is 1.56. The van der Waals surface area contributed by atoms with E-state index in [4.69, 9.17) is 11.5 Å². The Morgan fingerprint density at radius 2 is 1.82 bits per heavy atom. The number of aliphatic hydroxyl groups is 1. The van der Waals surface area contributed by atoms with Crippen molar-refractivity contribution in [3.05, 3.63) is 0 Å². The molecule has 3 atom stereocenters. The van der Waals surface area contributed by atoms with Crippen LogP contribution >= 0.6 is 0 Å². The average molecular weight is 317 g/mol. The van der Waals surface area contributed by atoms with Crippen LogP contribution in [0.5, 0.6) is 0 Å². The van der Waals surface area contributed by atoms with Gasteiger partial charge in [-0.1, -0.05) is 6.42 Å². The Kier molecular flexibility index (Phi) is 10.1. The summed E-state index contributed by atoms with van der Waals surface area (Å²) in [7, 11) is 1.64. The molecule has 128 valence electrons. The Hall–Kier alpha value is -1.71. The van der Waals surface area contributed by atoms with Gasteiger partial charge < -0.3 is 32.5 Å². The van der Waals surface area contributed by atoms with Crippen molar-refractivity contribution in [2.24, 2.45) is 11.5 Å². The highest BCUT2D eigenvalue weighted by atomic mass is 16.3. The molecular formula is C13H27N5O4. The van der Waals surface area contributed by atoms with Gasteiger partial charge in [-0.15, -0.1) is 0 Å². The normalized spacial score (nSPS) is 14.7. The number of rotatable bonds is 11. The van der Waals surface area contributed by atoms with Crippen LogP contribution in [0.15, 0.2) is 0 Å². The highest BCUT2D eigenvalue weighted by Crippen LogP contribution is 2.02. The van der Waals surface area contributed by atoms with Crippen LogP contribution in [0.3, 0.4) is 0 Å². The molecule has 9 heteroatoms. The van der Waals surface area contributed by atoms with Crippen molar-refractivity contribution in [3.8, 4) is 0 Å². The molecule has 0 aliphatic carbocycles. The molecule has 0 aromatic carbocycles. The third kappa shape index (κ3) is 7.91. The Morgan fingerprint density at radius 1 is 1.18 bits per heavy atom. The van der Waals surface area contributed by atoms with E-state index in [1.807, 2.05) is 0 Å². The fourth-order valence-corrected chi connectivity index (χ4v) is 1.84. The fourth-order valence-electron chi connectivity index (χ4n) is 1.84. The minimum atomic E-state index is -1.16. The van der Waals surface area contributed by atoms with Crippen LogP contribution in [-0.2, 0) is 14.4 Å². The Bertz CT molecular complexity index is 375. The number of aliphatic hydroxyl groups excluding tert-OH is 1. The first-order valence-corrected chi connectivity index (χ1v) is 7.25. The molecule has 0 aromatic heterocycles. The third-order valence-corrected chi connectivity index (χ3v) is 3.11. The van der Waals surface area contributed by atoms with Gasteiger partial charge in [-0.3, -0.25) is 14.4 Å². The second kappa shape index (κ2) is 10.9. The molecule has 9 nitrogen and oxygen atoms in total. The SMILES string of the molecule is CNC(CCCCN)C(=O)NC(C(=O)NCC(N)=O)C(C)O. The number of hydrogen-bond acceptors (Lipinski definition) is 6. The van der Waals surface area contributed by atoms with Gasteiger partial charge in [-0.05, 0) is 33.4 Å². The molecule has 0 spiro atoms. The lowest BCUT2D eigenvalue weighted by molar-refractivity contribution is -0.133. The van der Waals surface area contributed by atoms with Crippen LogP contribution in [0.1, 0.15) is 26.2 Å². The molecule has 0 saturated heterocycles. The Labute approximate surface area is 130 Å². The molecule has 0 heterocycles. The quantitative estimate of drug-likeness (QED) is 0.225. The molecule has 0 aliphatic heterocycles. The fraction of sp³-hybridized carbons (Fsp3) is 0.769. The van der Waals surface area contributed by atoms with E-state index in [0.29, 0.717) is 13.0 Å². The number of nitrogens with two attached hydrogens (primary N) is 2. The molecule has 0 bridgehead atoms. The number of carbonyl (C=O) groups excluding carboxylic acids is 3. The Balaban J connectivity index is 4.60. The van der Waals surface area contributed by atoms with Crippen LogP contribution in [-0.4, -0.2) is 61.2 Å². The van der Waals surface area contributed by atoms with Crippen molar-refractivity contribution in [3.63, 3.8) is 0 Å². The van der Waals surface area contributed by atoms with E-state index in [1.165, 1.54) is 6.92 Å². The van der Waals surface area contributed by atoms with E-state index in [2.05, 4.69) is 16.0 Å². The topological polar surface area (TPSA) is 160 Å². The lowest BCUT2D eigenvalue weighted by Gasteiger charge is -2.23. The van der Waals surface area contributed by atoms with Gasteiger partial charge in [0.1, 0.15) is 6.04 Å². The highest BCUT2D eigenvalue weighted by Gasteiger charge is 2.28. The van der Waals surface area contributed by atoms with Gasteiger partial charge >= 0.3 is 0 Å². The van der Waals surface area contributed by atoms with E-state index in [1.54, 1.807) is 7.05 Å². The van der Waals surface area contributed by atoms with E-state index in [0.717, 1.165) is 12.8 Å². The van der Waals surface area contributed by atoms with Crippen molar-refractivity contribution in [2.75, 3.05) is 20.1 Å². The predicted molar refractivity (Wildman–Crippen MR) is 81.6 cm³/mol. The third-order valence-electron chi connectivity index (χ3n) is 3.11. The summed E-state index contributed by atoms with van der Waals surface area (Å²) in [6.07, 6.45) is 1.01. The molecule has 0 saturated carbocycles. The monoisotopic (exact) mass is 317 g/mol. The molecule has 8 N–H and O–H groups in total. The number of nitrogens with one attached hydrogen (secondary N) is 3. The summed E-state index contributed by atoms with van der Waals surface area (Å²) in [5, 5.41) is 17.2. The van der Waals surface area contributed by atoms with Crippen LogP contribution in [0.2, 0.25) is 0 Å². The first kappa shape index (κ1) is 20.3. The molecule has 0 rings (SSSR count). The smallest absolute Gasteiger partial charge is 0.245 e. The maximum atomic E-state index is 12.1. The van der Waals surface area contributed by atoms with Crippen LogP contribution in [0.25, 0.3) is 0 Å². The predicted octanol–water partition coefficient (Wildman–Crippen LogP) is -2.83. The number of carbonyl (C=O) groups is 3. The van der Waals surface area contributed by atoms with Crippen molar-refractivity contribution < 1.29 is 19.5 Å². The molecule has 0 radical (unpaired) electrons. The molecular weight excluding hydrogens is 290 g/mol. The van der Waals surface area contributed by atoms with E-state index >= 15 is 0 Å². The molecule has 0 aliphatic rings. The summed E-state index contributed by atoms with van der Waals surface area (Å²) in [5.41, 5.74) is 10.3. The van der Waals surface area contributed by atoms with Crippen LogP contribution < -0.4 is 27.4 Å². The number of hydrogen-bond donors (Lipinski definition) is 6. The van der Waals surface area contributed by atoms with Gasteiger partial charge in [-0.2, -0.15) is 0 Å². The summed E-state index contributed by atoms with van der Waals surface area (Å²) in [6, 6.07) is -1.64. The summed E-state index contributed by atoms with van der Waals surface area (Å²) in [4.78, 5) is 34.7. The zero-order valence-corrected chi connectivity index (χ0v) is 13.1. The molecule has 0 aromatic rings. The molecule has 3 unspecified atom stereocenters. The van der Waals surface area contributed by atoms with Crippen LogP contribution in [0.4, 0.5) is 0 Å². The number of unbranched alkanes of at least 4 members (excludes halogenated alkanes) is 1. The molecule has 3 amide bonds. The number of amides is 3. The van der Waals surface area contributed by atoms with Crippen molar-refractivity contribution >= 4 is 17.7 Å². The van der Waals surface area contributed by atoms with Crippen LogP contribution in [0, 0.1) is 0 Å². The second-order valence-electron chi connectivity index (χ2n) is 5.04. The van der Waals surface area contributed by atoms with E-state index in [9.17, 15) is 19.5 Å². The second-order valence-corrected chi connectivity index (χ2v) is 5.04. The molecule has 0 fully saturated rings. The first-order chi connectivity index (χ1) is 10.3. The van der Waals surface area contributed by atoms with E-state index in [-0.39, 0.29) is 6.54 Å². The van der Waals surface area contributed by atoms with Gasteiger partial charge in [0.2, 0.25) is 17.7 Å². The zero-order chi connectivity index (χ0) is 17.1. The van der Waals surface area contributed by atoms with Gasteiger partial charge in [0, 0.05) is 0 Å². The minimum Gasteiger partial charge on any atom is -0.391 e. The van der Waals surface area contributed by atoms with Crippen molar-refractivity contribution in [1.29, 1.82) is 0 Å². The standard InChI is InChI=1S/C13H27N5O4/c1-8(19)11(13(22)17-7-10(15)20)18-12(21)9(16-2)5-3-4-6-14/h8-9,11,16,19H,3-7,14H2,1-2H3,(H2,15,20)(H,17,22)(H,18,21). The summed E-state index contributed by atoms with van der Waals surface area (Å²) < 4.78 is 0. The first-order valence-electron chi connectivity index (χ1n) is 7.25. The highest BCUT2D eigenvalue weighted by molar-refractivity contribution is 5.91. The van der Waals surface area contributed by atoms with Crippen molar-refractivity contribution in [2.45, 2.75) is 44.4 Å². The van der Waals surface area contributed by atoms with Gasteiger partial charge in [-0.25, -0.2) is 0 Å². The lowest BCUT2D eigenvalue weighted by Crippen LogP contribution is -2.57. The molecule has 22 heavy (non-hydrogen) atoms. The number of likely N-dealkylation sites (N-methyl/N-ethyl adjacent to an activating group) is 1. The summed E-state index contributed by atoms with van der Waals surface area (Å²) in [5.74, 6) is -1.78. The minimum absolute atomic E-state index is 0.357. The lowest BCUT2D eigenvalue weighted by atomic mass is 10.1.